The van der Waals surface area contributed by atoms with Crippen molar-refractivity contribution >= 4 is 0 Å². The highest BCUT2D eigenvalue weighted by Gasteiger charge is 2.22. The van der Waals surface area contributed by atoms with Gasteiger partial charge < -0.3 is 19.6 Å². The molecule has 4 heteroatoms. The van der Waals surface area contributed by atoms with Crippen LogP contribution in [0.5, 0.6) is 0 Å². The fraction of sp³-hybridized carbons (Fsp3) is 0.714. The fourth-order valence-electron chi connectivity index (χ4n) is 1.72. The van der Waals surface area contributed by atoms with Crippen LogP contribution in [0.3, 0.4) is 0 Å². The zero-order chi connectivity index (χ0) is 13.4. The molecule has 0 saturated carbocycles. The van der Waals surface area contributed by atoms with Crippen LogP contribution in [-0.2, 0) is 9.47 Å². The van der Waals surface area contributed by atoms with E-state index in [1.54, 1.807) is 0 Å². The first-order valence-corrected chi connectivity index (χ1v) is 6.70. The van der Waals surface area contributed by atoms with Crippen molar-refractivity contribution in [2.45, 2.75) is 45.8 Å². The Balaban J connectivity index is 2.46. The van der Waals surface area contributed by atoms with Crippen LogP contribution in [-0.4, -0.2) is 25.9 Å². The predicted octanol–water partition coefficient (Wildman–Crippen LogP) is 2.81. The molecule has 0 radical (unpaired) electrons. The average molecular weight is 255 g/mol. The Morgan fingerprint density at radius 1 is 1.22 bits per heavy atom. The molecule has 0 aliphatic rings. The molecule has 4 nitrogen and oxygen atoms in total. The smallest absolute Gasteiger partial charge is 0.134 e. The predicted molar refractivity (Wildman–Crippen MR) is 71.5 cm³/mol. The number of hydrogen-bond donors (Lipinski definition) is 1. The van der Waals surface area contributed by atoms with Gasteiger partial charge in [0.2, 0.25) is 0 Å². The van der Waals surface area contributed by atoms with Gasteiger partial charge in [0, 0.05) is 12.6 Å². The molecule has 0 aromatic carbocycles. The van der Waals surface area contributed by atoms with Crippen LogP contribution < -0.4 is 5.73 Å². The molecule has 2 N–H and O–H groups in total. The fourth-order valence-corrected chi connectivity index (χ4v) is 1.72. The Labute approximate surface area is 109 Å². The third-order valence-corrected chi connectivity index (χ3v) is 2.78. The van der Waals surface area contributed by atoms with E-state index >= 15 is 0 Å². The summed E-state index contributed by atoms with van der Waals surface area (Å²) in [6.07, 6.45) is 1.68. The second-order valence-electron chi connectivity index (χ2n) is 4.42. The first-order chi connectivity index (χ1) is 8.69. The number of rotatable bonds is 9. The SMILES string of the molecule is CCCOCCOC(c1ccc(C)o1)C(N)CC. The highest BCUT2D eigenvalue weighted by molar-refractivity contribution is 5.10. The monoisotopic (exact) mass is 255 g/mol. The lowest BCUT2D eigenvalue weighted by Crippen LogP contribution is -2.30. The molecule has 0 fully saturated rings. The van der Waals surface area contributed by atoms with Crippen molar-refractivity contribution in [2.75, 3.05) is 19.8 Å². The molecule has 18 heavy (non-hydrogen) atoms. The minimum Gasteiger partial charge on any atom is -0.464 e. The second-order valence-corrected chi connectivity index (χ2v) is 4.42. The first-order valence-electron chi connectivity index (χ1n) is 6.70. The third kappa shape index (κ3) is 4.80. The van der Waals surface area contributed by atoms with Crippen LogP contribution in [0.15, 0.2) is 16.5 Å². The Morgan fingerprint density at radius 3 is 2.56 bits per heavy atom. The lowest BCUT2D eigenvalue weighted by atomic mass is 10.1. The zero-order valence-electron chi connectivity index (χ0n) is 11.6. The van der Waals surface area contributed by atoms with Gasteiger partial charge in [-0.3, -0.25) is 0 Å². The van der Waals surface area contributed by atoms with Crippen LogP contribution in [0.2, 0.25) is 0 Å². The van der Waals surface area contributed by atoms with Crippen molar-refractivity contribution in [1.82, 2.24) is 0 Å². The van der Waals surface area contributed by atoms with Gasteiger partial charge in [-0.1, -0.05) is 13.8 Å². The van der Waals surface area contributed by atoms with Crippen molar-refractivity contribution in [3.8, 4) is 0 Å². The van der Waals surface area contributed by atoms with Crippen LogP contribution >= 0.6 is 0 Å². The van der Waals surface area contributed by atoms with E-state index in [4.69, 9.17) is 19.6 Å². The van der Waals surface area contributed by atoms with Gasteiger partial charge in [-0.2, -0.15) is 0 Å². The number of aryl methyl sites for hydroxylation is 1. The molecular formula is C14H25NO3. The standard InChI is InChI=1S/C14H25NO3/c1-4-8-16-9-10-17-14(12(15)5-2)13-7-6-11(3)18-13/h6-7,12,14H,4-5,8-10,15H2,1-3H3. The summed E-state index contributed by atoms with van der Waals surface area (Å²) in [6.45, 7) is 7.96. The van der Waals surface area contributed by atoms with Crippen LogP contribution in [0.25, 0.3) is 0 Å². The molecule has 0 saturated heterocycles. The summed E-state index contributed by atoms with van der Waals surface area (Å²) in [5, 5.41) is 0. The molecule has 104 valence electrons. The van der Waals surface area contributed by atoms with Gasteiger partial charge in [0.1, 0.15) is 17.6 Å². The summed E-state index contributed by atoms with van der Waals surface area (Å²) in [7, 11) is 0. The molecular weight excluding hydrogens is 230 g/mol. The molecule has 1 aromatic heterocycles. The zero-order valence-corrected chi connectivity index (χ0v) is 11.6. The van der Waals surface area contributed by atoms with Crippen molar-refractivity contribution in [2.24, 2.45) is 5.73 Å². The molecule has 1 aromatic rings. The summed E-state index contributed by atoms with van der Waals surface area (Å²) in [6, 6.07) is 3.81. The molecule has 0 spiro atoms. The van der Waals surface area contributed by atoms with Gasteiger partial charge in [0.05, 0.1) is 13.2 Å². The van der Waals surface area contributed by atoms with Crippen molar-refractivity contribution in [3.63, 3.8) is 0 Å². The van der Waals surface area contributed by atoms with E-state index in [1.165, 1.54) is 0 Å². The molecule has 1 heterocycles. The van der Waals surface area contributed by atoms with Crippen molar-refractivity contribution < 1.29 is 13.9 Å². The summed E-state index contributed by atoms with van der Waals surface area (Å²) in [5.74, 6) is 1.68. The number of hydrogen-bond acceptors (Lipinski definition) is 4. The molecule has 0 aliphatic heterocycles. The molecule has 0 aliphatic carbocycles. The van der Waals surface area contributed by atoms with E-state index in [2.05, 4.69) is 6.92 Å². The van der Waals surface area contributed by atoms with E-state index in [0.29, 0.717) is 13.2 Å². The average Bonchev–Trinajstić information content (AvgIpc) is 2.79. The van der Waals surface area contributed by atoms with E-state index < -0.39 is 0 Å². The lowest BCUT2D eigenvalue weighted by Gasteiger charge is -2.21. The molecule has 2 unspecified atom stereocenters. The molecule has 2 atom stereocenters. The van der Waals surface area contributed by atoms with E-state index in [9.17, 15) is 0 Å². The second kappa shape index (κ2) is 8.29. The van der Waals surface area contributed by atoms with Gasteiger partial charge >= 0.3 is 0 Å². The first kappa shape index (κ1) is 15.2. The largest absolute Gasteiger partial charge is 0.464 e. The van der Waals surface area contributed by atoms with Crippen molar-refractivity contribution in [1.29, 1.82) is 0 Å². The Kier molecular flexibility index (Phi) is 7.01. The van der Waals surface area contributed by atoms with Gasteiger partial charge in [-0.25, -0.2) is 0 Å². The normalized spacial score (nSPS) is 14.7. The van der Waals surface area contributed by atoms with E-state index in [1.807, 2.05) is 26.0 Å². The van der Waals surface area contributed by atoms with Gasteiger partial charge in [0.25, 0.3) is 0 Å². The van der Waals surface area contributed by atoms with Crippen LogP contribution in [0.4, 0.5) is 0 Å². The molecule has 1 rings (SSSR count). The number of ether oxygens (including phenoxy) is 2. The van der Waals surface area contributed by atoms with Gasteiger partial charge in [-0.05, 0) is 31.9 Å². The maximum atomic E-state index is 6.07. The maximum absolute atomic E-state index is 6.07. The summed E-state index contributed by atoms with van der Waals surface area (Å²) >= 11 is 0. The van der Waals surface area contributed by atoms with Crippen LogP contribution in [0, 0.1) is 6.92 Å². The quantitative estimate of drug-likeness (QED) is 0.689. The highest BCUT2D eigenvalue weighted by atomic mass is 16.5. The Morgan fingerprint density at radius 2 is 2.00 bits per heavy atom. The van der Waals surface area contributed by atoms with E-state index in [0.717, 1.165) is 31.0 Å². The Hall–Kier alpha value is -0.840. The third-order valence-electron chi connectivity index (χ3n) is 2.78. The minimum atomic E-state index is -0.186. The molecule has 0 amide bonds. The minimum absolute atomic E-state index is 0.0540. The summed E-state index contributed by atoms with van der Waals surface area (Å²) in [4.78, 5) is 0. The highest BCUT2D eigenvalue weighted by Crippen LogP contribution is 2.23. The van der Waals surface area contributed by atoms with Gasteiger partial charge in [-0.15, -0.1) is 0 Å². The topological polar surface area (TPSA) is 57.6 Å². The summed E-state index contributed by atoms with van der Waals surface area (Å²) < 4.78 is 16.8. The number of nitrogens with two attached hydrogens (primary N) is 1. The van der Waals surface area contributed by atoms with E-state index in [-0.39, 0.29) is 12.1 Å². The maximum Gasteiger partial charge on any atom is 0.134 e. The van der Waals surface area contributed by atoms with Crippen molar-refractivity contribution in [3.05, 3.63) is 23.7 Å². The Bertz CT molecular complexity index is 325. The van der Waals surface area contributed by atoms with Gasteiger partial charge in [0.15, 0.2) is 0 Å². The lowest BCUT2D eigenvalue weighted by molar-refractivity contribution is -0.0171. The molecule has 0 bridgehead atoms. The summed E-state index contributed by atoms with van der Waals surface area (Å²) in [5.41, 5.74) is 6.07. The van der Waals surface area contributed by atoms with Crippen LogP contribution in [0.1, 0.15) is 44.3 Å². The number of furan rings is 1.